The molecule has 21 heavy (non-hydrogen) atoms. The van der Waals surface area contributed by atoms with E-state index in [4.69, 9.17) is 4.42 Å². The average molecular weight is 285 g/mol. The number of hydrogen-bond donors (Lipinski definition) is 1. The zero-order valence-corrected chi connectivity index (χ0v) is 13.7. The van der Waals surface area contributed by atoms with Crippen LogP contribution in [0.2, 0.25) is 0 Å². The molecule has 1 aliphatic carbocycles. The van der Waals surface area contributed by atoms with Crippen LogP contribution in [0.25, 0.3) is 11.0 Å². The van der Waals surface area contributed by atoms with Crippen LogP contribution in [0, 0.1) is 12.8 Å². The summed E-state index contributed by atoms with van der Waals surface area (Å²) in [6.45, 7) is 9.94. The summed E-state index contributed by atoms with van der Waals surface area (Å²) in [5, 5.41) is 4.91. The molecule has 0 spiro atoms. The van der Waals surface area contributed by atoms with Gasteiger partial charge in [0.25, 0.3) is 0 Å². The van der Waals surface area contributed by atoms with Gasteiger partial charge < -0.3 is 9.73 Å². The number of furan rings is 1. The van der Waals surface area contributed by atoms with Gasteiger partial charge in [-0.05, 0) is 71.2 Å². The van der Waals surface area contributed by atoms with Gasteiger partial charge in [0.15, 0.2) is 0 Å². The number of hydrogen-bond acceptors (Lipinski definition) is 2. The van der Waals surface area contributed by atoms with Crippen molar-refractivity contribution in [2.75, 3.05) is 6.54 Å². The number of benzene rings is 1. The quantitative estimate of drug-likeness (QED) is 0.857. The smallest absolute Gasteiger partial charge is 0.134 e. The van der Waals surface area contributed by atoms with Gasteiger partial charge in [-0.25, -0.2) is 0 Å². The van der Waals surface area contributed by atoms with E-state index in [1.54, 1.807) is 0 Å². The van der Waals surface area contributed by atoms with Gasteiger partial charge in [-0.15, -0.1) is 0 Å². The second-order valence-corrected chi connectivity index (χ2v) is 7.62. The lowest BCUT2D eigenvalue weighted by molar-refractivity contribution is 0.338. The number of aryl methyl sites for hydroxylation is 1. The molecule has 3 rings (SSSR count). The first kappa shape index (κ1) is 14.6. The van der Waals surface area contributed by atoms with Crippen molar-refractivity contribution in [1.82, 2.24) is 5.32 Å². The fourth-order valence-corrected chi connectivity index (χ4v) is 3.46. The topological polar surface area (TPSA) is 25.2 Å². The third kappa shape index (κ3) is 3.32. The van der Waals surface area contributed by atoms with Gasteiger partial charge in [-0.3, -0.25) is 0 Å². The maximum atomic E-state index is 6.14. The lowest BCUT2D eigenvalue weighted by atomic mass is 9.92. The molecule has 0 saturated heterocycles. The van der Waals surface area contributed by atoms with E-state index in [0.29, 0.717) is 11.8 Å². The molecule has 2 heteroatoms. The first-order chi connectivity index (χ1) is 9.92. The van der Waals surface area contributed by atoms with Gasteiger partial charge in [0.05, 0.1) is 0 Å². The molecule has 0 aliphatic heterocycles. The van der Waals surface area contributed by atoms with Crippen molar-refractivity contribution in [2.45, 2.75) is 58.4 Å². The first-order valence-corrected chi connectivity index (χ1v) is 8.17. The molecule has 2 aromatic rings. The van der Waals surface area contributed by atoms with Crippen molar-refractivity contribution in [3.8, 4) is 0 Å². The van der Waals surface area contributed by atoms with Crippen LogP contribution in [0.4, 0.5) is 0 Å². The molecule has 0 bridgehead atoms. The summed E-state index contributed by atoms with van der Waals surface area (Å²) in [5.41, 5.74) is 2.52. The summed E-state index contributed by atoms with van der Waals surface area (Å²) < 4.78 is 6.14. The van der Waals surface area contributed by atoms with Gasteiger partial charge in [0.1, 0.15) is 11.3 Å². The Bertz CT molecular complexity index is 620. The molecule has 1 aliphatic rings. The predicted molar refractivity (Wildman–Crippen MR) is 88.8 cm³/mol. The Kier molecular flexibility index (Phi) is 3.83. The molecule has 1 heterocycles. The summed E-state index contributed by atoms with van der Waals surface area (Å²) in [4.78, 5) is 0. The van der Waals surface area contributed by atoms with Crippen molar-refractivity contribution in [2.24, 2.45) is 5.92 Å². The molecule has 2 nitrogen and oxygen atoms in total. The van der Waals surface area contributed by atoms with Gasteiger partial charge >= 0.3 is 0 Å². The Labute approximate surface area is 127 Å². The Hall–Kier alpha value is -1.28. The highest BCUT2D eigenvalue weighted by molar-refractivity contribution is 5.78. The van der Waals surface area contributed by atoms with Crippen LogP contribution in [0.1, 0.15) is 57.3 Å². The summed E-state index contributed by atoms with van der Waals surface area (Å²) in [6.07, 6.45) is 3.89. The minimum Gasteiger partial charge on any atom is -0.461 e. The second-order valence-electron chi connectivity index (χ2n) is 7.62. The van der Waals surface area contributed by atoms with Crippen LogP contribution in [0.3, 0.4) is 0 Å². The van der Waals surface area contributed by atoms with Crippen molar-refractivity contribution in [3.05, 3.63) is 35.6 Å². The molecular weight excluding hydrogens is 258 g/mol. The molecule has 1 aromatic carbocycles. The number of rotatable bonds is 3. The third-order valence-corrected chi connectivity index (χ3v) is 4.61. The highest BCUT2D eigenvalue weighted by Crippen LogP contribution is 2.41. The fourth-order valence-electron chi connectivity index (χ4n) is 3.46. The Morgan fingerprint density at radius 1 is 1.19 bits per heavy atom. The minimum absolute atomic E-state index is 0.193. The molecule has 2 unspecified atom stereocenters. The molecule has 2 atom stereocenters. The SMILES string of the molecule is Cc1ccc2oc(C3CCCC3CNC(C)(C)C)cc2c1. The molecule has 1 N–H and O–H groups in total. The largest absolute Gasteiger partial charge is 0.461 e. The van der Waals surface area contributed by atoms with Gasteiger partial charge in [-0.1, -0.05) is 18.1 Å². The van der Waals surface area contributed by atoms with Gasteiger partial charge in [0, 0.05) is 16.8 Å². The normalized spacial score (nSPS) is 23.0. The van der Waals surface area contributed by atoms with E-state index in [1.807, 2.05) is 0 Å². The van der Waals surface area contributed by atoms with E-state index in [9.17, 15) is 0 Å². The van der Waals surface area contributed by atoms with E-state index in [2.05, 4.69) is 57.3 Å². The number of fused-ring (bicyclic) bond motifs is 1. The predicted octanol–water partition coefficient (Wildman–Crippen LogP) is 5.01. The van der Waals surface area contributed by atoms with E-state index in [1.165, 1.54) is 36.0 Å². The fraction of sp³-hybridized carbons (Fsp3) is 0.579. The Balaban J connectivity index is 1.80. The molecule has 0 radical (unpaired) electrons. The molecule has 0 amide bonds. The summed E-state index contributed by atoms with van der Waals surface area (Å²) in [6, 6.07) is 8.72. The summed E-state index contributed by atoms with van der Waals surface area (Å²) in [5.74, 6) is 2.47. The van der Waals surface area contributed by atoms with Crippen LogP contribution in [0.15, 0.2) is 28.7 Å². The minimum atomic E-state index is 0.193. The standard InChI is InChI=1S/C19H27NO/c1-13-8-9-17-15(10-13)11-18(21-17)16-7-5-6-14(16)12-20-19(2,3)4/h8-11,14,16,20H,5-7,12H2,1-4H3. The molecule has 1 fully saturated rings. The van der Waals surface area contributed by atoms with E-state index in [-0.39, 0.29) is 5.54 Å². The maximum absolute atomic E-state index is 6.14. The molecule has 114 valence electrons. The average Bonchev–Trinajstić information content (AvgIpc) is 3.00. The Morgan fingerprint density at radius 3 is 2.76 bits per heavy atom. The monoisotopic (exact) mass is 285 g/mol. The maximum Gasteiger partial charge on any atom is 0.134 e. The van der Waals surface area contributed by atoms with Crippen LogP contribution < -0.4 is 5.32 Å². The summed E-state index contributed by atoms with van der Waals surface area (Å²) >= 11 is 0. The van der Waals surface area contributed by atoms with Crippen molar-refractivity contribution < 1.29 is 4.42 Å². The van der Waals surface area contributed by atoms with Crippen LogP contribution in [0.5, 0.6) is 0 Å². The van der Waals surface area contributed by atoms with E-state index < -0.39 is 0 Å². The van der Waals surface area contributed by atoms with Crippen LogP contribution >= 0.6 is 0 Å². The second kappa shape index (κ2) is 5.49. The number of nitrogens with one attached hydrogen (secondary N) is 1. The zero-order valence-electron chi connectivity index (χ0n) is 13.7. The first-order valence-electron chi connectivity index (χ1n) is 8.17. The van der Waals surface area contributed by atoms with Crippen molar-refractivity contribution in [3.63, 3.8) is 0 Å². The van der Waals surface area contributed by atoms with E-state index in [0.717, 1.165) is 12.1 Å². The van der Waals surface area contributed by atoms with Crippen LogP contribution in [-0.2, 0) is 0 Å². The Morgan fingerprint density at radius 2 is 2.00 bits per heavy atom. The lowest BCUT2D eigenvalue weighted by Gasteiger charge is -2.25. The van der Waals surface area contributed by atoms with Crippen molar-refractivity contribution in [1.29, 1.82) is 0 Å². The molecular formula is C19H27NO. The molecule has 1 aromatic heterocycles. The zero-order chi connectivity index (χ0) is 15.0. The summed E-state index contributed by atoms with van der Waals surface area (Å²) in [7, 11) is 0. The highest BCUT2D eigenvalue weighted by Gasteiger charge is 2.31. The van der Waals surface area contributed by atoms with Crippen LogP contribution in [-0.4, -0.2) is 12.1 Å². The third-order valence-electron chi connectivity index (χ3n) is 4.61. The van der Waals surface area contributed by atoms with E-state index >= 15 is 0 Å². The molecule has 1 saturated carbocycles. The van der Waals surface area contributed by atoms with Gasteiger partial charge in [-0.2, -0.15) is 0 Å². The van der Waals surface area contributed by atoms with Crippen molar-refractivity contribution >= 4 is 11.0 Å². The lowest BCUT2D eigenvalue weighted by Crippen LogP contribution is -2.39. The van der Waals surface area contributed by atoms with Gasteiger partial charge in [0.2, 0.25) is 0 Å². The highest BCUT2D eigenvalue weighted by atomic mass is 16.3.